The maximum absolute atomic E-state index is 12.0. The molecule has 1 aromatic rings. The number of nitrogens with zero attached hydrogens (tertiary/aromatic N) is 1. The van der Waals surface area contributed by atoms with E-state index < -0.39 is 6.10 Å². The zero-order valence-electron chi connectivity index (χ0n) is 15.0. The van der Waals surface area contributed by atoms with Crippen LogP contribution in [-0.4, -0.2) is 49.0 Å². The van der Waals surface area contributed by atoms with Gasteiger partial charge in [0.25, 0.3) is 0 Å². The highest BCUT2D eigenvalue weighted by Crippen LogP contribution is 2.35. The lowest BCUT2D eigenvalue weighted by atomic mass is 10.1. The van der Waals surface area contributed by atoms with Crippen molar-refractivity contribution in [3.05, 3.63) is 18.2 Å². The molecule has 6 heteroatoms. The summed E-state index contributed by atoms with van der Waals surface area (Å²) in [7, 11) is 0. The summed E-state index contributed by atoms with van der Waals surface area (Å²) in [6.45, 7) is 9.68. The summed E-state index contributed by atoms with van der Waals surface area (Å²) in [5.74, 6) is 1.34. The lowest BCUT2D eigenvalue weighted by Crippen LogP contribution is -2.42. The number of nitrogens with one attached hydrogen (secondary N) is 1. The Labute approximate surface area is 143 Å². The van der Waals surface area contributed by atoms with Crippen LogP contribution in [0, 0.1) is 0 Å². The van der Waals surface area contributed by atoms with E-state index in [4.69, 9.17) is 9.47 Å². The normalized spacial score (nSPS) is 15.5. The van der Waals surface area contributed by atoms with Crippen LogP contribution in [0.15, 0.2) is 18.2 Å². The van der Waals surface area contributed by atoms with Gasteiger partial charge in [0.05, 0.1) is 12.2 Å². The van der Waals surface area contributed by atoms with Crippen molar-refractivity contribution < 1.29 is 19.4 Å². The van der Waals surface area contributed by atoms with Crippen molar-refractivity contribution in [3.8, 4) is 11.5 Å². The van der Waals surface area contributed by atoms with Crippen molar-refractivity contribution in [1.82, 2.24) is 5.32 Å². The van der Waals surface area contributed by atoms with Crippen LogP contribution in [0.4, 0.5) is 5.69 Å². The number of benzene rings is 1. The minimum absolute atomic E-state index is 0.0457. The molecule has 24 heavy (non-hydrogen) atoms. The molecular weight excluding hydrogens is 308 g/mol. The smallest absolute Gasteiger partial charge is 0.226 e. The fraction of sp³-hybridized carbons (Fsp3) is 0.611. The molecule has 1 aliphatic heterocycles. The number of fused-ring (bicyclic) bond motifs is 1. The summed E-state index contributed by atoms with van der Waals surface area (Å²) in [5.41, 5.74) is 0.728. The summed E-state index contributed by atoms with van der Waals surface area (Å²) in [6, 6.07) is 5.40. The number of rotatable bonds is 6. The summed E-state index contributed by atoms with van der Waals surface area (Å²) in [6.07, 6.45) is -0.135. The number of hydrogen-bond acceptors (Lipinski definition) is 5. The van der Waals surface area contributed by atoms with Gasteiger partial charge in [-0.3, -0.25) is 4.79 Å². The fourth-order valence-corrected chi connectivity index (χ4v) is 2.42. The van der Waals surface area contributed by atoms with Crippen LogP contribution in [-0.2, 0) is 4.79 Å². The molecular formula is C18H28N2O4. The average Bonchev–Trinajstić information content (AvgIpc) is 2.56. The highest BCUT2D eigenvalue weighted by molar-refractivity contribution is 5.95. The number of aliphatic hydroxyl groups is 1. The lowest BCUT2D eigenvalue weighted by Gasteiger charge is -2.29. The van der Waals surface area contributed by atoms with E-state index in [1.54, 1.807) is 17.0 Å². The van der Waals surface area contributed by atoms with Gasteiger partial charge in [-0.1, -0.05) is 6.92 Å². The van der Waals surface area contributed by atoms with Crippen molar-refractivity contribution in [2.75, 3.05) is 31.2 Å². The maximum Gasteiger partial charge on any atom is 0.226 e. The van der Waals surface area contributed by atoms with Crippen LogP contribution in [0.5, 0.6) is 11.5 Å². The van der Waals surface area contributed by atoms with E-state index in [9.17, 15) is 9.90 Å². The van der Waals surface area contributed by atoms with E-state index in [2.05, 4.69) is 5.32 Å². The first-order chi connectivity index (χ1) is 11.3. The minimum Gasteiger partial charge on any atom is -0.491 e. The Balaban J connectivity index is 1.95. The van der Waals surface area contributed by atoms with Gasteiger partial charge in [-0.05, 0) is 32.9 Å². The largest absolute Gasteiger partial charge is 0.491 e. The van der Waals surface area contributed by atoms with Crippen molar-refractivity contribution in [1.29, 1.82) is 0 Å². The first-order valence-electron chi connectivity index (χ1n) is 8.43. The zero-order chi connectivity index (χ0) is 17.7. The standard InChI is InChI=1S/C18H28N2O4/c1-5-17(22)20-8-9-23-16-10-14(6-7-15(16)20)24-12-13(21)11-19-18(2,3)4/h6-7,10,13,19,21H,5,8-9,11-12H2,1-4H3. The highest BCUT2D eigenvalue weighted by atomic mass is 16.5. The molecule has 1 atom stereocenters. The van der Waals surface area contributed by atoms with Crippen molar-refractivity contribution in [2.45, 2.75) is 45.8 Å². The Hall–Kier alpha value is -1.79. The van der Waals surface area contributed by atoms with Gasteiger partial charge < -0.3 is 24.8 Å². The molecule has 1 aromatic carbocycles. The summed E-state index contributed by atoms with van der Waals surface area (Å²) < 4.78 is 11.3. The Morgan fingerprint density at radius 3 is 2.88 bits per heavy atom. The molecule has 0 aliphatic carbocycles. The van der Waals surface area contributed by atoms with Gasteiger partial charge in [-0.25, -0.2) is 0 Å². The van der Waals surface area contributed by atoms with Crippen LogP contribution in [0.25, 0.3) is 0 Å². The SMILES string of the molecule is CCC(=O)N1CCOc2cc(OCC(O)CNC(C)(C)C)ccc21. The molecule has 1 heterocycles. The summed E-state index contributed by atoms with van der Waals surface area (Å²) in [5, 5.41) is 13.2. The molecule has 2 N–H and O–H groups in total. The lowest BCUT2D eigenvalue weighted by molar-refractivity contribution is -0.118. The third-order valence-corrected chi connectivity index (χ3v) is 3.71. The van der Waals surface area contributed by atoms with Crippen molar-refractivity contribution >= 4 is 11.6 Å². The van der Waals surface area contributed by atoms with Crippen LogP contribution in [0.3, 0.4) is 0 Å². The quantitative estimate of drug-likeness (QED) is 0.831. The molecule has 0 spiro atoms. The molecule has 1 aliphatic rings. The van der Waals surface area contributed by atoms with Crippen LogP contribution >= 0.6 is 0 Å². The first-order valence-corrected chi connectivity index (χ1v) is 8.43. The third-order valence-electron chi connectivity index (χ3n) is 3.71. The maximum atomic E-state index is 12.0. The van der Waals surface area contributed by atoms with Crippen LogP contribution < -0.4 is 19.7 Å². The van der Waals surface area contributed by atoms with E-state index >= 15 is 0 Å². The molecule has 1 amide bonds. The van der Waals surface area contributed by atoms with Crippen molar-refractivity contribution in [2.24, 2.45) is 0 Å². The molecule has 2 rings (SSSR count). The second kappa shape index (κ2) is 7.85. The average molecular weight is 336 g/mol. The number of β-amino-alcohol motifs (C(OH)–C–C–N with tert-alkyl or cyclic N) is 1. The fourth-order valence-electron chi connectivity index (χ4n) is 2.42. The molecule has 6 nitrogen and oxygen atoms in total. The predicted molar refractivity (Wildman–Crippen MR) is 93.8 cm³/mol. The monoisotopic (exact) mass is 336 g/mol. The predicted octanol–water partition coefficient (Wildman–Crippen LogP) is 1.95. The van der Waals surface area contributed by atoms with Crippen LogP contribution in [0.2, 0.25) is 0 Å². The number of amides is 1. The molecule has 0 saturated heterocycles. The van der Waals surface area contributed by atoms with Gasteiger partial charge in [0, 0.05) is 24.6 Å². The number of anilines is 1. The van der Waals surface area contributed by atoms with Crippen molar-refractivity contribution in [3.63, 3.8) is 0 Å². The summed E-state index contributed by atoms with van der Waals surface area (Å²) >= 11 is 0. The molecule has 0 fully saturated rings. The van der Waals surface area contributed by atoms with E-state index in [-0.39, 0.29) is 18.1 Å². The second-order valence-electron chi connectivity index (χ2n) is 6.97. The molecule has 134 valence electrons. The summed E-state index contributed by atoms with van der Waals surface area (Å²) in [4.78, 5) is 13.7. The van der Waals surface area contributed by atoms with Crippen LogP contribution in [0.1, 0.15) is 34.1 Å². The number of carbonyl (C=O) groups excluding carboxylic acids is 1. The Bertz CT molecular complexity index is 569. The number of aliphatic hydroxyl groups excluding tert-OH is 1. The Kier molecular flexibility index (Phi) is 6.07. The van der Waals surface area contributed by atoms with Gasteiger partial charge in [0.1, 0.15) is 30.8 Å². The van der Waals surface area contributed by atoms with Gasteiger partial charge in [-0.2, -0.15) is 0 Å². The van der Waals surface area contributed by atoms with Gasteiger partial charge >= 0.3 is 0 Å². The van der Waals surface area contributed by atoms with E-state index in [1.807, 2.05) is 33.8 Å². The van der Waals surface area contributed by atoms with E-state index in [0.717, 1.165) is 5.69 Å². The Morgan fingerprint density at radius 2 is 2.21 bits per heavy atom. The second-order valence-corrected chi connectivity index (χ2v) is 6.97. The Morgan fingerprint density at radius 1 is 1.46 bits per heavy atom. The number of hydrogen-bond donors (Lipinski definition) is 2. The third kappa shape index (κ3) is 5.11. The molecule has 0 bridgehead atoms. The number of ether oxygens (including phenoxy) is 2. The molecule has 0 saturated carbocycles. The van der Waals surface area contributed by atoms with Gasteiger partial charge in [0.2, 0.25) is 5.91 Å². The molecule has 1 unspecified atom stereocenters. The zero-order valence-corrected chi connectivity index (χ0v) is 15.0. The highest BCUT2D eigenvalue weighted by Gasteiger charge is 2.23. The van der Waals surface area contributed by atoms with E-state index in [1.165, 1.54) is 0 Å². The first kappa shape index (κ1) is 18.5. The van der Waals surface area contributed by atoms with Gasteiger partial charge in [0.15, 0.2) is 0 Å². The van der Waals surface area contributed by atoms with E-state index in [0.29, 0.717) is 37.6 Å². The number of carbonyl (C=O) groups is 1. The molecule has 0 radical (unpaired) electrons. The topological polar surface area (TPSA) is 71.0 Å². The minimum atomic E-state index is -0.598. The molecule has 0 aromatic heterocycles. The van der Waals surface area contributed by atoms with Gasteiger partial charge in [-0.15, -0.1) is 0 Å².